The molecule has 0 radical (unpaired) electrons. The average molecular weight is 513 g/mol. The first kappa shape index (κ1) is 33.8. The van der Waals surface area contributed by atoms with Gasteiger partial charge in [0.05, 0.1) is 0 Å². The summed E-state index contributed by atoms with van der Waals surface area (Å²) in [6.45, 7) is 4.28. The third kappa shape index (κ3) is 16.4. The number of hydrogen-bond acceptors (Lipinski definition) is 6. The number of unbranched alkanes of at least 4 members (excludes halogenated alkanes) is 15. The lowest BCUT2D eigenvalue weighted by molar-refractivity contribution is -0.175. The summed E-state index contributed by atoms with van der Waals surface area (Å²) < 4.78 is 4.88. The normalized spacial score (nSPS) is 12.6. The first-order valence-corrected chi connectivity index (χ1v) is 14.0. The van der Waals surface area contributed by atoms with Gasteiger partial charge in [-0.05, 0) is 12.8 Å². The van der Waals surface area contributed by atoms with Crippen LogP contribution in [-0.2, 0) is 28.7 Å². The Bertz CT molecular complexity index is 658. The fourth-order valence-corrected chi connectivity index (χ4v) is 4.14. The lowest BCUT2D eigenvalue weighted by Crippen LogP contribution is -2.45. The summed E-state index contributed by atoms with van der Waals surface area (Å²) >= 11 is 0. The van der Waals surface area contributed by atoms with Crippen LogP contribution < -0.4 is 0 Å². The highest BCUT2D eigenvalue weighted by molar-refractivity contribution is 6.41. The first-order chi connectivity index (χ1) is 17.3. The summed E-state index contributed by atoms with van der Waals surface area (Å²) in [7, 11) is 0. The van der Waals surface area contributed by atoms with Gasteiger partial charge in [-0.25, -0.2) is 4.79 Å². The third-order valence-electron chi connectivity index (χ3n) is 6.37. The van der Waals surface area contributed by atoms with Crippen LogP contribution in [0.15, 0.2) is 0 Å². The van der Waals surface area contributed by atoms with E-state index < -0.39 is 41.5 Å². The maximum Gasteiger partial charge on any atom is 0.346 e. The molecule has 0 amide bonds. The minimum absolute atomic E-state index is 0.0625. The zero-order chi connectivity index (χ0) is 27.2. The van der Waals surface area contributed by atoms with Crippen LogP contribution in [0, 0.1) is 5.92 Å². The number of esters is 1. The van der Waals surface area contributed by atoms with Crippen molar-refractivity contribution in [1.82, 2.24) is 0 Å². The van der Waals surface area contributed by atoms with E-state index in [1.165, 1.54) is 38.5 Å². The van der Waals surface area contributed by atoms with Gasteiger partial charge in [-0.15, -0.1) is 0 Å². The molecule has 0 fully saturated rings. The number of hydrogen-bond donors (Lipinski definition) is 2. The largest absolute Gasteiger partial charge is 0.481 e. The highest BCUT2D eigenvalue weighted by Gasteiger charge is 2.44. The zero-order valence-corrected chi connectivity index (χ0v) is 22.4. The number of carboxylic acid groups (broad SMARTS) is 2. The van der Waals surface area contributed by atoms with Gasteiger partial charge in [0.15, 0.2) is 11.7 Å². The van der Waals surface area contributed by atoms with E-state index >= 15 is 0 Å². The number of Topliss-reactive ketones (excluding diaryl/α,β-unsaturated/α-hetero) is 2. The molecule has 0 rings (SSSR count). The van der Waals surface area contributed by atoms with Crippen molar-refractivity contribution >= 4 is 29.5 Å². The monoisotopic (exact) mass is 512 g/mol. The lowest BCUT2D eigenvalue weighted by Gasteiger charge is -2.19. The van der Waals surface area contributed by atoms with Crippen molar-refractivity contribution in [1.29, 1.82) is 0 Å². The number of carbonyl (C=O) groups excluding carboxylic acids is 3. The smallest absolute Gasteiger partial charge is 0.346 e. The van der Waals surface area contributed by atoms with E-state index in [-0.39, 0.29) is 12.8 Å². The highest BCUT2D eigenvalue weighted by atomic mass is 16.6. The molecule has 0 aromatic rings. The summed E-state index contributed by atoms with van der Waals surface area (Å²) in [6.07, 6.45) is 14.8. The molecule has 0 aliphatic heterocycles. The first-order valence-electron chi connectivity index (χ1n) is 14.0. The highest BCUT2D eigenvalue weighted by Crippen LogP contribution is 2.17. The van der Waals surface area contributed by atoms with Gasteiger partial charge in [-0.2, -0.15) is 0 Å². The molecule has 0 bridgehead atoms. The summed E-state index contributed by atoms with van der Waals surface area (Å²) in [4.78, 5) is 60.1. The number of carboxylic acids is 2. The van der Waals surface area contributed by atoms with Gasteiger partial charge < -0.3 is 14.9 Å². The van der Waals surface area contributed by atoms with E-state index in [0.717, 1.165) is 57.8 Å². The standard InChI is InChI=1S/C28H48O8/c1-3-5-7-9-11-12-13-14-15-17-19-21-23(30)36-26(28(34)35)24(27(32)33)25(31)22(29)20-18-16-10-8-6-4-2/h24,26H,3-21H2,1-2H3,(H,32,33)(H,34,35). The number of aliphatic carboxylic acids is 2. The van der Waals surface area contributed by atoms with E-state index in [1.54, 1.807) is 0 Å². The van der Waals surface area contributed by atoms with E-state index in [0.29, 0.717) is 12.8 Å². The molecule has 208 valence electrons. The molecule has 2 atom stereocenters. The van der Waals surface area contributed by atoms with E-state index in [1.807, 2.05) is 0 Å². The van der Waals surface area contributed by atoms with Crippen LogP contribution in [0.5, 0.6) is 0 Å². The van der Waals surface area contributed by atoms with Crippen molar-refractivity contribution in [2.75, 3.05) is 0 Å². The minimum atomic E-state index is -2.24. The summed E-state index contributed by atoms with van der Waals surface area (Å²) in [5, 5.41) is 18.9. The second-order valence-corrected chi connectivity index (χ2v) is 9.66. The Morgan fingerprint density at radius 3 is 1.33 bits per heavy atom. The van der Waals surface area contributed by atoms with Gasteiger partial charge >= 0.3 is 17.9 Å². The van der Waals surface area contributed by atoms with Crippen LogP contribution in [0.1, 0.15) is 136 Å². The van der Waals surface area contributed by atoms with Crippen molar-refractivity contribution in [3.8, 4) is 0 Å². The van der Waals surface area contributed by atoms with Gasteiger partial charge in [0, 0.05) is 12.8 Å². The van der Waals surface area contributed by atoms with Gasteiger partial charge in [0.25, 0.3) is 0 Å². The van der Waals surface area contributed by atoms with Crippen LogP contribution in [0.3, 0.4) is 0 Å². The maximum absolute atomic E-state index is 12.5. The van der Waals surface area contributed by atoms with E-state index in [2.05, 4.69) is 13.8 Å². The fraction of sp³-hybridized carbons (Fsp3) is 0.821. The molecule has 0 aliphatic carbocycles. The van der Waals surface area contributed by atoms with Crippen molar-refractivity contribution in [2.45, 2.75) is 142 Å². The van der Waals surface area contributed by atoms with Crippen LogP contribution >= 0.6 is 0 Å². The van der Waals surface area contributed by atoms with Gasteiger partial charge in [0.2, 0.25) is 11.9 Å². The number of rotatable bonds is 25. The van der Waals surface area contributed by atoms with Crippen LogP contribution in [-0.4, -0.2) is 45.8 Å². The molecule has 0 heterocycles. The predicted molar refractivity (Wildman–Crippen MR) is 138 cm³/mol. The molecule has 36 heavy (non-hydrogen) atoms. The Morgan fingerprint density at radius 2 is 0.944 bits per heavy atom. The van der Waals surface area contributed by atoms with Crippen molar-refractivity contribution in [3.05, 3.63) is 0 Å². The fourth-order valence-electron chi connectivity index (χ4n) is 4.14. The quantitative estimate of drug-likeness (QED) is 0.0632. The molecular formula is C28H48O8. The minimum Gasteiger partial charge on any atom is -0.481 e. The maximum atomic E-state index is 12.5. The molecule has 2 unspecified atom stereocenters. The van der Waals surface area contributed by atoms with Crippen LogP contribution in [0.2, 0.25) is 0 Å². The molecule has 0 saturated heterocycles. The Labute approximate surface area is 216 Å². The van der Waals surface area contributed by atoms with Crippen molar-refractivity contribution in [3.63, 3.8) is 0 Å². The van der Waals surface area contributed by atoms with Crippen LogP contribution in [0.4, 0.5) is 0 Å². The molecule has 0 saturated carbocycles. The van der Waals surface area contributed by atoms with Crippen molar-refractivity contribution < 1.29 is 38.9 Å². The molecular weight excluding hydrogens is 464 g/mol. The molecule has 0 spiro atoms. The molecule has 0 aromatic heterocycles. The second-order valence-electron chi connectivity index (χ2n) is 9.66. The average Bonchev–Trinajstić information content (AvgIpc) is 2.83. The third-order valence-corrected chi connectivity index (χ3v) is 6.37. The van der Waals surface area contributed by atoms with E-state index in [9.17, 15) is 34.2 Å². The molecule has 0 aromatic carbocycles. The molecule has 0 aliphatic rings. The molecule has 8 nitrogen and oxygen atoms in total. The zero-order valence-electron chi connectivity index (χ0n) is 22.4. The second kappa shape index (κ2) is 22.0. The number of ketones is 2. The Hall–Kier alpha value is -2.25. The predicted octanol–water partition coefficient (Wildman–Crippen LogP) is 6.27. The summed E-state index contributed by atoms with van der Waals surface area (Å²) in [5.41, 5.74) is 0. The number of carbonyl (C=O) groups is 5. The summed E-state index contributed by atoms with van der Waals surface area (Å²) in [6, 6.07) is 0. The van der Waals surface area contributed by atoms with Crippen LogP contribution in [0.25, 0.3) is 0 Å². The molecule has 2 N–H and O–H groups in total. The number of ether oxygens (including phenoxy) is 1. The summed E-state index contributed by atoms with van der Waals surface area (Å²) in [5.74, 6) is -8.92. The van der Waals surface area contributed by atoms with Gasteiger partial charge in [-0.1, -0.05) is 110 Å². The van der Waals surface area contributed by atoms with Gasteiger partial charge in [-0.3, -0.25) is 19.2 Å². The van der Waals surface area contributed by atoms with Gasteiger partial charge in [0.1, 0.15) is 0 Å². The Kier molecular flexibility index (Phi) is 20.6. The Balaban J connectivity index is 4.46. The van der Waals surface area contributed by atoms with E-state index in [4.69, 9.17) is 4.74 Å². The SMILES string of the molecule is CCCCCCCCCCCCCC(=O)OC(C(=O)O)C(C(=O)O)C(=O)C(=O)CCCCCCCC. The topological polar surface area (TPSA) is 135 Å². The lowest BCUT2D eigenvalue weighted by atomic mass is 9.92. The van der Waals surface area contributed by atoms with Crippen molar-refractivity contribution in [2.24, 2.45) is 5.92 Å². The molecule has 8 heteroatoms. The Morgan fingerprint density at radius 1 is 0.556 bits per heavy atom.